The standard InChI is InChI=1S/C18H19N3O3/c1-12(2)18(23)24-10-9-13-7-8-17(22)16(11-13)21-19-14-5-3-4-6-15(14)20-21/h3-8,11,14,19,22H,1,9-10H2,2H3. The summed E-state index contributed by atoms with van der Waals surface area (Å²) in [7, 11) is 0. The Hall–Kier alpha value is -2.86. The lowest BCUT2D eigenvalue weighted by Gasteiger charge is -2.18. The molecule has 1 atom stereocenters. The van der Waals surface area contributed by atoms with Gasteiger partial charge in [-0.1, -0.05) is 30.9 Å². The molecule has 3 rings (SSSR count). The van der Waals surface area contributed by atoms with Crippen molar-refractivity contribution in [2.75, 3.05) is 11.7 Å². The zero-order valence-corrected chi connectivity index (χ0v) is 13.4. The van der Waals surface area contributed by atoms with Crippen molar-refractivity contribution in [2.24, 2.45) is 5.10 Å². The van der Waals surface area contributed by atoms with Crippen LogP contribution in [0.3, 0.4) is 0 Å². The summed E-state index contributed by atoms with van der Waals surface area (Å²) in [6.07, 6.45) is 8.34. The van der Waals surface area contributed by atoms with Gasteiger partial charge in [-0.15, -0.1) is 0 Å². The second-order valence-corrected chi connectivity index (χ2v) is 5.68. The Morgan fingerprint density at radius 1 is 1.46 bits per heavy atom. The number of rotatable bonds is 5. The Morgan fingerprint density at radius 2 is 2.29 bits per heavy atom. The minimum atomic E-state index is -0.399. The summed E-state index contributed by atoms with van der Waals surface area (Å²) in [5, 5.41) is 16.2. The Labute approximate surface area is 140 Å². The number of phenolic OH excluding ortho intramolecular Hbond substituents is 1. The number of nitrogens with zero attached hydrogens (tertiary/aromatic N) is 2. The molecule has 0 radical (unpaired) electrons. The van der Waals surface area contributed by atoms with Crippen molar-refractivity contribution >= 4 is 17.4 Å². The minimum Gasteiger partial charge on any atom is -0.506 e. The molecule has 0 spiro atoms. The van der Waals surface area contributed by atoms with E-state index in [1.807, 2.05) is 30.4 Å². The fourth-order valence-electron chi connectivity index (χ4n) is 2.41. The van der Waals surface area contributed by atoms with Crippen LogP contribution in [0.4, 0.5) is 5.69 Å². The van der Waals surface area contributed by atoms with Gasteiger partial charge >= 0.3 is 5.97 Å². The molecule has 2 N–H and O–H groups in total. The second kappa shape index (κ2) is 6.72. The number of carbonyl (C=O) groups excluding carboxylic acids is 1. The molecule has 0 bridgehead atoms. The zero-order valence-electron chi connectivity index (χ0n) is 13.4. The molecule has 124 valence electrons. The van der Waals surface area contributed by atoms with Gasteiger partial charge in [0.25, 0.3) is 0 Å². The monoisotopic (exact) mass is 325 g/mol. The van der Waals surface area contributed by atoms with E-state index in [-0.39, 0.29) is 18.4 Å². The Bertz CT molecular complexity index is 765. The lowest BCUT2D eigenvalue weighted by Crippen LogP contribution is -2.36. The van der Waals surface area contributed by atoms with Crippen molar-refractivity contribution in [1.29, 1.82) is 0 Å². The number of phenols is 1. The molecule has 0 saturated heterocycles. The van der Waals surface area contributed by atoms with Crippen LogP contribution >= 0.6 is 0 Å². The van der Waals surface area contributed by atoms with Crippen molar-refractivity contribution in [2.45, 2.75) is 19.4 Å². The van der Waals surface area contributed by atoms with Crippen LogP contribution in [0.15, 0.2) is 59.8 Å². The van der Waals surface area contributed by atoms with Crippen LogP contribution in [0.2, 0.25) is 0 Å². The molecule has 1 aromatic carbocycles. The quantitative estimate of drug-likeness (QED) is 0.641. The van der Waals surface area contributed by atoms with Gasteiger partial charge in [0.2, 0.25) is 0 Å². The van der Waals surface area contributed by atoms with Gasteiger partial charge < -0.3 is 9.84 Å². The number of hydrazine groups is 1. The van der Waals surface area contributed by atoms with E-state index >= 15 is 0 Å². The third-order valence-corrected chi connectivity index (χ3v) is 3.72. The molecule has 6 nitrogen and oxygen atoms in total. The van der Waals surface area contributed by atoms with E-state index in [0.717, 1.165) is 11.3 Å². The molecule has 1 aromatic rings. The van der Waals surface area contributed by atoms with E-state index in [1.165, 1.54) is 0 Å². The van der Waals surface area contributed by atoms with Crippen LogP contribution < -0.4 is 10.5 Å². The van der Waals surface area contributed by atoms with E-state index in [2.05, 4.69) is 17.1 Å². The zero-order chi connectivity index (χ0) is 17.1. The van der Waals surface area contributed by atoms with Gasteiger partial charge in [-0.05, 0) is 30.7 Å². The normalized spacial score (nSPS) is 18.3. The third kappa shape index (κ3) is 3.38. The molecule has 0 aromatic heterocycles. The van der Waals surface area contributed by atoms with Crippen LogP contribution in [0.1, 0.15) is 12.5 Å². The molecule has 24 heavy (non-hydrogen) atoms. The smallest absolute Gasteiger partial charge is 0.333 e. The van der Waals surface area contributed by atoms with Gasteiger partial charge in [-0.25, -0.2) is 4.79 Å². The second-order valence-electron chi connectivity index (χ2n) is 5.68. The van der Waals surface area contributed by atoms with Crippen LogP contribution in [-0.2, 0) is 16.0 Å². The van der Waals surface area contributed by atoms with Gasteiger partial charge in [-0.2, -0.15) is 15.6 Å². The fourth-order valence-corrected chi connectivity index (χ4v) is 2.41. The van der Waals surface area contributed by atoms with E-state index in [1.54, 1.807) is 24.2 Å². The number of aromatic hydroxyl groups is 1. The topological polar surface area (TPSA) is 74.2 Å². The van der Waals surface area contributed by atoms with Gasteiger partial charge in [0.05, 0.1) is 18.4 Å². The van der Waals surface area contributed by atoms with E-state index < -0.39 is 5.97 Å². The minimum absolute atomic E-state index is 0.00887. The molecule has 0 saturated carbocycles. The number of ether oxygens (including phenoxy) is 1. The Kier molecular flexibility index (Phi) is 4.48. The van der Waals surface area contributed by atoms with E-state index in [9.17, 15) is 9.90 Å². The molecule has 0 fully saturated rings. The first kappa shape index (κ1) is 16.0. The molecule has 1 aliphatic carbocycles. The molecular weight excluding hydrogens is 306 g/mol. The number of benzene rings is 1. The number of carbonyl (C=O) groups is 1. The molecule has 2 aliphatic rings. The van der Waals surface area contributed by atoms with Crippen molar-refractivity contribution in [3.8, 4) is 5.75 Å². The molecule has 0 amide bonds. The summed E-state index contributed by atoms with van der Waals surface area (Å²) >= 11 is 0. The number of esters is 1. The highest BCUT2D eigenvalue weighted by atomic mass is 16.5. The van der Waals surface area contributed by atoms with Crippen LogP contribution in [-0.4, -0.2) is 29.4 Å². The first-order valence-corrected chi connectivity index (χ1v) is 7.69. The largest absolute Gasteiger partial charge is 0.506 e. The molecular formula is C18H19N3O3. The van der Waals surface area contributed by atoms with Crippen molar-refractivity contribution in [1.82, 2.24) is 5.43 Å². The van der Waals surface area contributed by atoms with Crippen molar-refractivity contribution in [3.05, 3.63) is 60.2 Å². The van der Waals surface area contributed by atoms with Gasteiger partial charge in [-0.3, -0.25) is 0 Å². The number of hydrogen-bond donors (Lipinski definition) is 2. The summed E-state index contributed by atoms with van der Waals surface area (Å²) < 4.78 is 5.10. The summed E-state index contributed by atoms with van der Waals surface area (Å²) in [6.45, 7) is 5.41. The maximum atomic E-state index is 11.4. The predicted octanol–water partition coefficient (Wildman–Crippen LogP) is 2.23. The van der Waals surface area contributed by atoms with Gasteiger partial charge in [0, 0.05) is 12.0 Å². The first-order valence-electron chi connectivity index (χ1n) is 7.69. The van der Waals surface area contributed by atoms with Gasteiger partial charge in [0.1, 0.15) is 11.4 Å². The Morgan fingerprint density at radius 3 is 3.04 bits per heavy atom. The first-order chi connectivity index (χ1) is 11.5. The highest BCUT2D eigenvalue weighted by Crippen LogP contribution is 2.30. The summed E-state index contributed by atoms with van der Waals surface area (Å²) in [4.78, 5) is 11.4. The van der Waals surface area contributed by atoms with Crippen LogP contribution in [0.5, 0.6) is 5.75 Å². The van der Waals surface area contributed by atoms with Crippen LogP contribution in [0, 0.1) is 0 Å². The highest BCUT2D eigenvalue weighted by Gasteiger charge is 2.25. The SMILES string of the molecule is C=C(C)C(=O)OCCc1ccc(O)c(N2N=C3C=CC=CC3N2)c1. The van der Waals surface area contributed by atoms with Crippen LogP contribution in [0.25, 0.3) is 0 Å². The maximum Gasteiger partial charge on any atom is 0.333 e. The van der Waals surface area contributed by atoms with Crippen molar-refractivity contribution < 1.29 is 14.6 Å². The fraction of sp³-hybridized carbons (Fsp3) is 0.222. The number of hydrazone groups is 1. The van der Waals surface area contributed by atoms with Gasteiger partial charge in [0.15, 0.2) is 0 Å². The molecule has 1 aliphatic heterocycles. The third-order valence-electron chi connectivity index (χ3n) is 3.72. The summed E-state index contributed by atoms with van der Waals surface area (Å²) in [5.74, 6) is -0.273. The van der Waals surface area contributed by atoms with Crippen molar-refractivity contribution in [3.63, 3.8) is 0 Å². The average molecular weight is 325 g/mol. The summed E-state index contributed by atoms with van der Waals surface area (Å²) in [5.41, 5.74) is 5.95. The predicted molar refractivity (Wildman–Crippen MR) is 92.7 cm³/mol. The molecule has 1 unspecified atom stereocenters. The van der Waals surface area contributed by atoms with E-state index in [0.29, 0.717) is 17.7 Å². The average Bonchev–Trinajstić information content (AvgIpc) is 3.00. The number of nitrogens with one attached hydrogen (secondary N) is 1. The highest BCUT2D eigenvalue weighted by molar-refractivity contribution is 6.03. The summed E-state index contributed by atoms with van der Waals surface area (Å²) in [6, 6.07) is 5.24. The molecule has 6 heteroatoms. The number of hydrogen-bond acceptors (Lipinski definition) is 6. The molecule has 1 heterocycles. The maximum absolute atomic E-state index is 11.4. The lowest BCUT2D eigenvalue weighted by atomic mass is 10.1. The number of fused-ring (bicyclic) bond motifs is 1. The lowest BCUT2D eigenvalue weighted by molar-refractivity contribution is -0.138. The number of anilines is 1. The van der Waals surface area contributed by atoms with E-state index in [4.69, 9.17) is 4.74 Å². The number of allylic oxidation sites excluding steroid dienone is 2. The Balaban J connectivity index is 1.70.